The zero-order chi connectivity index (χ0) is 21.1. The fourth-order valence-electron chi connectivity index (χ4n) is 3.67. The van der Waals surface area contributed by atoms with Gasteiger partial charge in [-0.3, -0.25) is 19.7 Å². The third kappa shape index (κ3) is 3.69. The summed E-state index contributed by atoms with van der Waals surface area (Å²) in [6.45, 7) is 3.30. The summed E-state index contributed by atoms with van der Waals surface area (Å²) in [5, 5.41) is 11.6. The number of nitrogens with one attached hydrogen (secondary N) is 2. The Morgan fingerprint density at radius 1 is 1.30 bits per heavy atom. The standard InChI is InChI=1S/C22H24N6O2/c1-14-19-20(27-26-14)17-6-5-16(12-18(17)28(22(19)30)11-3-8-23)21(29)25-10-7-15-4-2-9-24-13-15/h2,4-6,9,12-13H,3,7-8,10-11,23H2,1H3,(H,25,29)(H,26,27). The van der Waals surface area contributed by atoms with Gasteiger partial charge in [-0.05, 0) is 56.1 Å². The molecule has 4 aromatic rings. The quantitative estimate of drug-likeness (QED) is 0.435. The normalized spacial score (nSPS) is 11.3. The zero-order valence-electron chi connectivity index (χ0n) is 16.8. The summed E-state index contributed by atoms with van der Waals surface area (Å²) >= 11 is 0. The molecule has 8 heteroatoms. The molecule has 0 fully saturated rings. The average Bonchev–Trinajstić information content (AvgIpc) is 3.16. The van der Waals surface area contributed by atoms with E-state index in [1.165, 1.54) is 0 Å². The van der Waals surface area contributed by atoms with Crippen LogP contribution in [0.4, 0.5) is 0 Å². The number of nitrogens with two attached hydrogens (primary N) is 1. The van der Waals surface area contributed by atoms with Crippen LogP contribution in [0.15, 0.2) is 47.5 Å². The number of aromatic nitrogens is 4. The monoisotopic (exact) mass is 404 g/mol. The van der Waals surface area contributed by atoms with Gasteiger partial charge in [0, 0.05) is 42.1 Å². The molecule has 1 amide bonds. The Bertz CT molecular complexity index is 1260. The van der Waals surface area contributed by atoms with Crippen LogP contribution < -0.4 is 16.6 Å². The third-order valence-corrected chi connectivity index (χ3v) is 5.22. The first-order valence-electron chi connectivity index (χ1n) is 9.98. The van der Waals surface area contributed by atoms with E-state index in [1.807, 2.05) is 25.1 Å². The average molecular weight is 404 g/mol. The summed E-state index contributed by atoms with van der Waals surface area (Å²) in [6, 6.07) is 9.23. The highest BCUT2D eigenvalue weighted by Gasteiger charge is 2.17. The molecule has 4 N–H and O–H groups in total. The SMILES string of the molecule is Cc1[nH]nc2c1c(=O)n(CCCN)c1cc(C(=O)NCCc3cccnc3)ccc21. The lowest BCUT2D eigenvalue weighted by Crippen LogP contribution is -2.26. The van der Waals surface area contributed by atoms with Gasteiger partial charge in [-0.2, -0.15) is 5.10 Å². The van der Waals surface area contributed by atoms with Crippen LogP contribution in [-0.4, -0.2) is 38.7 Å². The fourth-order valence-corrected chi connectivity index (χ4v) is 3.67. The summed E-state index contributed by atoms with van der Waals surface area (Å²) < 4.78 is 1.69. The molecule has 0 saturated carbocycles. The molecule has 8 nitrogen and oxygen atoms in total. The first-order valence-corrected chi connectivity index (χ1v) is 9.98. The number of aromatic amines is 1. The lowest BCUT2D eigenvalue weighted by atomic mass is 10.1. The van der Waals surface area contributed by atoms with Crippen LogP contribution in [0.3, 0.4) is 0 Å². The zero-order valence-corrected chi connectivity index (χ0v) is 16.8. The fraction of sp³-hybridized carbons (Fsp3) is 0.273. The maximum Gasteiger partial charge on any atom is 0.262 e. The Kier molecular flexibility index (Phi) is 5.58. The van der Waals surface area contributed by atoms with E-state index in [2.05, 4.69) is 20.5 Å². The maximum atomic E-state index is 13.1. The molecule has 0 spiro atoms. The first kappa shape index (κ1) is 19.8. The second-order valence-electron chi connectivity index (χ2n) is 7.27. The Morgan fingerprint density at radius 2 is 2.17 bits per heavy atom. The van der Waals surface area contributed by atoms with Gasteiger partial charge >= 0.3 is 0 Å². The molecule has 0 unspecified atom stereocenters. The van der Waals surface area contributed by atoms with E-state index >= 15 is 0 Å². The number of carbonyl (C=O) groups is 1. The van der Waals surface area contributed by atoms with Crippen LogP contribution >= 0.6 is 0 Å². The van der Waals surface area contributed by atoms with Gasteiger partial charge in [-0.1, -0.05) is 6.07 Å². The van der Waals surface area contributed by atoms with E-state index < -0.39 is 0 Å². The highest BCUT2D eigenvalue weighted by atomic mass is 16.1. The molecular formula is C22H24N6O2. The van der Waals surface area contributed by atoms with Crippen molar-refractivity contribution in [1.29, 1.82) is 0 Å². The van der Waals surface area contributed by atoms with Crippen LogP contribution in [0.1, 0.15) is 28.0 Å². The minimum absolute atomic E-state index is 0.119. The summed E-state index contributed by atoms with van der Waals surface area (Å²) in [5.74, 6) is -0.183. The van der Waals surface area contributed by atoms with Crippen LogP contribution in [0.25, 0.3) is 21.8 Å². The minimum atomic E-state index is -0.183. The van der Waals surface area contributed by atoms with Gasteiger partial charge in [0.15, 0.2) is 0 Å². The number of fused-ring (bicyclic) bond motifs is 3. The van der Waals surface area contributed by atoms with E-state index in [-0.39, 0.29) is 11.5 Å². The Morgan fingerprint density at radius 3 is 2.93 bits per heavy atom. The molecule has 1 aromatic carbocycles. The number of nitrogens with zero attached hydrogens (tertiary/aromatic N) is 3. The summed E-state index contributed by atoms with van der Waals surface area (Å²) in [7, 11) is 0. The first-order chi connectivity index (χ1) is 14.6. The summed E-state index contributed by atoms with van der Waals surface area (Å²) in [4.78, 5) is 29.9. The van der Waals surface area contributed by atoms with Crippen molar-refractivity contribution < 1.29 is 4.79 Å². The molecule has 0 bridgehead atoms. The number of rotatable bonds is 7. The third-order valence-electron chi connectivity index (χ3n) is 5.22. The predicted octanol–water partition coefficient (Wildman–Crippen LogP) is 1.90. The van der Waals surface area contributed by atoms with Crippen molar-refractivity contribution in [2.45, 2.75) is 26.3 Å². The van der Waals surface area contributed by atoms with Crippen molar-refractivity contribution in [3.8, 4) is 0 Å². The maximum absolute atomic E-state index is 13.1. The molecule has 154 valence electrons. The van der Waals surface area contributed by atoms with Crippen molar-refractivity contribution >= 4 is 27.7 Å². The molecular weight excluding hydrogens is 380 g/mol. The van der Waals surface area contributed by atoms with E-state index in [0.29, 0.717) is 54.5 Å². The smallest absolute Gasteiger partial charge is 0.262 e. The highest BCUT2D eigenvalue weighted by Crippen LogP contribution is 2.24. The summed E-state index contributed by atoms with van der Waals surface area (Å²) in [6.07, 6.45) is 4.87. The summed E-state index contributed by atoms with van der Waals surface area (Å²) in [5.41, 5.74) is 9.16. The highest BCUT2D eigenvalue weighted by molar-refractivity contribution is 6.06. The van der Waals surface area contributed by atoms with Gasteiger partial charge in [0.2, 0.25) is 0 Å². The van der Waals surface area contributed by atoms with E-state index in [0.717, 1.165) is 16.6 Å². The molecule has 0 atom stereocenters. The van der Waals surface area contributed by atoms with Crippen LogP contribution in [0, 0.1) is 6.92 Å². The van der Waals surface area contributed by atoms with Gasteiger partial charge < -0.3 is 15.6 Å². The van der Waals surface area contributed by atoms with Gasteiger partial charge in [-0.25, -0.2) is 0 Å². The molecule has 0 saturated heterocycles. The van der Waals surface area contributed by atoms with Crippen molar-refractivity contribution in [3.63, 3.8) is 0 Å². The minimum Gasteiger partial charge on any atom is -0.352 e. The Balaban J connectivity index is 1.67. The van der Waals surface area contributed by atoms with E-state index in [4.69, 9.17) is 5.73 Å². The molecule has 4 rings (SSSR count). The number of aryl methyl sites for hydroxylation is 2. The molecule has 0 aliphatic carbocycles. The number of hydrogen-bond acceptors (Lipinski definition) is 5. The van der Waals surface area contributed by atoms with Gasteiger partial charge in [0.25, 0.3) is 11.5 Å². The topological polar surface area (TPSA) is 119 Å². The Labute approximate surface area is 173 Å². The van der Waals surface area contributed by atoms with Crippen molar-refractivity contribution in [2.24, 2.45) is 5.73 Å². The van der Waals surface area contributed by atoms with Gasteiger partial charge in [0.1, 0.15) is 5.52 Å². The van der Waals surface area contributed by atoms with Crippen LogP contribution in [0.5, 0.6) is 0 Å². The second-order valence-corrected chi connectivity index (χ2v) is 7.27. The number of benzene rings is 1. The lowest BCUT2D eigenvalue weighted by Gasteiger charge is -2.12. The van der Waals surface area contributed by atoms with Gasteiger partial charge in [-0.15, -0.1) is 0 Å². The Hall–Kier alpha value is -3.52. The van der Waals surface area contributed by atoms with Crippen molar-refractivity contribution in [3.05, 3.63) is 69.9 Å². The van der Waals surface area contributed by atoms with Crippen molar-refractivity contribution in [1.82, 2.24) is 25.1 Å². The van der Waals surface area contributed by atoms with E-state index in [9.17, 15) is 9.59 Å². The molecule has 0 radical (unpaired) electrons. The number of H-pyrrole nitrogens is 1. The molecule has 0 aliphatic rings. The largest absolute Gasteiger partial charge is 0.352 e. The van der Waals surface area contributed by atoms with Gasteiger partial charge in [0.05, 0.1) is 10.9 Å². The van der Waals surface area contributed by atoms with Crippen LogP contribution in [-0.2, 0) is 13.0 Å². The molecule has 3 heterocycles. The van der Waals surface area contributed by atoms with E-state index in [1.54, 1.807) is 29.1 Å². The number of amides is 1. The number of carbonyl (C=O) groups excluding carboxylic acids is 1. The molecule has 0 aliphatic heterocycles. The molecule has 30 heavy (non-hydrogen) atoms. The van der Waals surface area contributed by atoms with Crippen molar-refractivity contribution in [2.75, 3.05) is 13.1 Å². The van der Waals surface area contributed by atoms with Crippen LogP contribution in [0.2, 0.25) is 0 Å². The number of pyridine rings is 2. The lowest BCUT2D eigenvalue weighted by molar-refractivity contribution is 0.0954. The predicted molar refractivity (Wildman–Crippen MR) is 117 cm³/mol. The molecule has 3 aromatic heterocycles. The second kappa shape index (κ2) is 8.46. The number of hydrogen-bond donors (Lipinski definition) is 3.